The molecule has 1 aromatic heterocycles. The maximum atomic E-state index is 14.5. The number of hydrogen-bond donors (Lipinski definition) is 2. The Balaban J connectivity index is 1.41. The molecule has 0 atom stereocenters. The van der Waals surface area contributed by atoms with E-state index in [0.29, 0.717) is 48.9 Å². The zero-order chi connectivity index (χ0) is 23.0. The van der Waals surface area contributed by atoms with Crippen molar-refractivity contribution in [2.45, 2.75) is 45.6 Å². The molecule has 174 valence electrons. The number of nitrogens with zero attached hydrogens (tertiary/aromatic N) is 3. The number of carbonyl (C=O) groups is 2. The quantitative estimate of drug-likeness (QED) is 0.754. The SMILES string of the molecule is CNC(=O)c1cc2[nH]c(=O)n(C3CCN(CC(=O)N4CCC(C)(C)CC4)CC3)c2cc1F. The molecule has 4 rings (SSSR count). The van der Waals surface area contributed by atoms with Crippen LogP contribution >= 0.6 is 0 Å². The molecule has 2 N–H and O–H groups in total. The van der Waals surface area contributed by atoms with Crippen molar-refractivity contribution in [3.63, 3.8) is 0 Å². The number of imidazole rings is 1. The molecule has 0 unspecified atom stereocenters. The van der Waals surface area contributed by atoms with Crippen molar-refractivity contribution >= 4 is 22.8 Å². The fourth-order valence-corrected chi connectivity index (χ4v) is 4.81. The van der Waals surface area contributed by atoms with Crippen molar-refractivity contribution in [2.24, 2.45) is 5.41 Å². The minimum Gasteiger partial charge on any atom is -0.355 e. The van der Waals surface area contributed by atoms with Crippen LogP contribution in [0.3, 0.4) is 0 Å². The van der Waals surface area contributed by atoms with Gasteiger partial charge in [0, 0.05) is 45.3 Å². The molecule has 32 heavy (non-hydrogen) atoms. The summed E-state index contributed by atoms with van der Waals surface area (Å²) < 4.78 is 16.1. The molecule has 0 bridgehead atoms. The number of nitrogens with one attached hydrogen (secondary N) is 2. The molecule has 2 aliphatic heterocycles. The van der Waals surface area contributed by atoms with Gasteiger partial charge < -0.3 is 15.2 Å². The van der Waals surface area contributed by atoms with E-state index in [1.54, 1.807) is 4.57 Å². The lowest BCUT2D eigenvalue weighted by atomic mass is 9.82. The summed E-state index contributed by atoms with van der Waals surface area (Å²) in [6.07, 6.45) is 3.46. The number of likely N-dealkylation sites (tertiary alicyclic amines) is 2. The highest BCUT2D eigenvalue weighted by Crippen LogP contribution is 2.30. The van der Waals surface area contributed by atoms with Gasteiger partial charge >= 0.3 is 5.69 Å². The van der Waals surface area contributed by atoms with Gasteiger partial charge in [0.15, 0.2) is 0 Å². The topological polar surface area (TPSA) is 90.4 Å². The summed E-state index contributed by atoms with van der Waals surface area (Å²) in [6, 6.07) is 2.56. The second-order valence-corrected chi connectivity index (χ2v) is 9.78. The van der Waals surface area contributed by atoms with Gasteiger partial charge in [-0.3, -0.25) is 19.1 Å². The average Bonchev–Trinajstić information content (AvgIpc) is 3.07. The lowest BCUT2D eigenvalue weighted by Gasteiger charge is -2.38. The van der Waals surface area contributed by atoms with E-state index in [1.807, 2.05) is 4.90 Å². The van der Waals surface area contributed by atoms with Crippen LogP contribution in [-0.4, -0.2) is 70.9 Å². The number of hydrogen-bond acceptors (Lipinski definition) is 4. The highest BCUT2D eigenvalue weighted by Gasteiger charge is 2.30. The predicted octanol–water partition coefficient (Wildman–Crippen LogP) is 2.11. The van der Waals surface area contributed by atoms with E-state index < -0.39 is 11.7 Å². The van der Waals surface area contributed by atoms with Gasteiger partial charge in [0.1, 0.15) is 5.82 Å². The molecule has 1 aromatic carbocycles. The zero-order valence-electron chi connectivity index (χ0n) is 19.0. The molecular weight excluding hydrogens is 413 g/mol. The normalized spacial score (nSPS) is 19.9. The third-order valence-corrected chi connectivity index (χ3v) is 7.03. The second-order valence-electron chi connectivity index (χ2n) is 9.78. The summed E-state index contributed by atoms with van der Waals surface area (Å²) in [7, 11) is 1.43. The van der Waals surface area contributed by atoms with Crippen LogP contribution in [0, 0.1) is 11.2 Å². The van der Waals surface area contributed by atoms with Crippen LogP contribution in [0.5, 0.6) is 0 Å². The molecule has 0 saturated carbocycles. The van der Waals surface area contributed by atoms with E-state index in [2.05, 4.69) is 29.0 Å². The first-order valence-corrected chi connectivity index (χ1v) is 11.3. The van der Waals surface area contributed by atoms with Gasteiger partial charge in [-0.15, -0.1) is 0 Å². The van der Waals surface area contributed by atoms with Crippen LogP contribution in [0.4, 0.5) is 4.39 Å². The summed E-state index contributed by atoms with van der Waals surface area (Å²) in [5.74, 6) is -1.02. The number of H-pyrrole nitrogens is 1. The van der Waals surface area contributed by atoms with E-state index in [4.69, 9.17) is 0 Å². The Bertz CT molecular complexity index is 1070. The lowest BCUT2D eigenvalue weighted by molar-refractivity contribution is -0.134. The van der Waals surface area contributed by atoms with Crippen molar-refractivity contribution in [2.75, 3.05) is 39.8 Å². The minimum atomic E-state index is -0.655. The molecule has 2 saturated heterocycles. The number of rotatable bonds is 4. The average molecular weight is 446 g/mol. The van der Waals surface area contributed by atoms with E-state index in [0.717, 1.165) is 25.9 Å². The number of fused-ring (bicyclic) bond motifs is 1. The Kier molecular flexibility index (Phi) is 6.11. The number of amides is 2. The summed E-state index contributed by atoms with van der Waals surface area (Å²) in [6.45, 7) is 7.93. The van der Waals surface area contributed by atoms with E-state index in [-0.39, 0.29) is 23.2 Å². The molecule has 0 radical (unpaired) electrons. The fraction of sp³-hybridized carbons (Fsp3) is 0.609. The van der Waals surface area contributed by atoms with E-state index >= 15 is 0 Å². The molecule has 8 nitrogen and oxygen atoms in total. The summed E-state index contributed by atoms with van der Waals surface area (Å²) in [4.78, 5) is 44.1. The van der Waals surface area contributed by atoms with Crippen LogP contribution < -0.4 is 11.0 Å². The van der Waals surface area contributed by atoms with Crippen LogP contribution in [-0.2, 0) is 4.79 Å². The van der Waals surface area contributed by atoms with Crippen LogP contribution in [0.15, 0.2) is 16.9 Å². The van der Waals surface area contributed by atoms with Gasteiger partial charge in [0.05, 0.1) is 23.1 Å². The predicted molar refractivity (Wildman–Crippen MR) is 120 cm³/mol. The molecule has 2 aromatic rings. The Morgan fingerprint density at radius 2 is 1.81 bits per heavy atom. The van der Waals surface area contributed by atoms with Crippen molar-refractivity contribution in [3.05, 3.63) is 34.0 Å². The first kappa shape index (κ1) is 22.5. The Morgan fingerprint density at radius 1 is 1.16 bits per heavy atom. The van der Waals surface area contributed by atoms with Crippen molar-refractivity contribution in [3.8, 4) is 0 Å². The monoisotopic (exact) mass is 445 g/mol. The largest absolute Gasteiger partial charge is 0.355 e. The number of aromatic nitrogens is 2. The molecular formula is C23H32FN5O3. The van der Waals surface area contributed by atoms with Gasteiger partial charge in [-0.05, 0) is 37.2 Å². The summed E-state index contributed by atoms with van der Waals surface area (Å²) >= 11 is 0. The number of aromatic amines is 1. The molecule has 3 heterocycles. The van der Waals surface area contributed by atoms with Crippen LogP contribution in [0.2, 0.25) is 0 Å². The number of benzene rings is 1. The first-order valence-electron chi connectivity index (χ1n) is 11.3. The van der Waals surface area contributed by atoms with E-state index in [9.17, 15) is 18.8 Å². The summed E-state index contributed by atoms with van der Waals surface area (Å²) in [5.41, 5.74) is 0.815. The van der Waals surface area contributed by atoms with E-state index in [1.165, 1.54) is 19.2 Å². The van der Waals surface area contributed by atoms with Gasteiger partial charge in [-0.1, -0.05) is 13.8 Å². The van der Waals surface area contributed by atoms with Gasteiger partial charge in [-0.25, -0.2) is 9.18 Å². The maximum Gasteiger partial charge on any atom is 0.326 e. The third kappa shape index (κ3) is 4.44. The van der Waals surface area contributed by atoms with Gasteiger partial charge in [0.25, 0.3) is 5.91 Å². The van der Waals surface area contributed by atoms with Crippen molar-refractivity contribution < 1.29 is 14.0 Å². The highest BCUT2D eigenvalue weighted by atomic mass is 19.1. The molecule has 2 amide bonds. The van der Waals surface area contributed by atoms with Gasteiger partial charge in [0.2, 0.25) is 5.91 Å². The number of carbonyl (C=O) groups excluding carboxylic acids is 2. The Morgan fingerprint density at radius 3 is 2.44 bits per heavy atom. The van der Waals surface area contributed by atoms with Crippen LogP contribution in [0.25, 0.3) is 11.0 Å². The fourth-order valence-electron chi connectivity index (χ4n) is 4.81. The van der Waals surface area contributed by atoms with Crippen molar-refractivity contribution in [1.82, 2.24) is 24.7 Å². The Hall–Kier alpha value is -2.68. The van der Waals surface area contributed by atoms with Crippen molar-refractivity contribution in [1.29, 1.82) is 0 Å². The molecule has 2 aliphatic rings. The summed E-state index contributed by atoms with van der Waals surface area (Å²) in [5, 5.41) is 2.41. The second kappa shape index (κ2) is 8.69. The lowest BCUT2D eigenvalue weighted by Crippen LogP contribution is -2.47. The maximum absolute atomic E-state index is 14.5. The Labute approximate surface area is 186 Å². The molecule has 0 aliphatic carbocycles. The van der Waals surface area contributed by atoms with Gasteiger partial charge in [-0.2, -0.15) is 0 Å². The number of halogens is 1. The third-order valence-electron chi connectivity index (χ3n) is 7.03. The minimum absolute atomic E-state index is 0.0800. The first-order chi connectivity index (χ1) is 15.2. The standard InChI is InChI=1S/C23H32FN5O3/c1-23(2)6-10-28(11-7-23)20(30)14-27-8-4-15(5-9-27)29-19-13-17(24)16(21(31)25-3)12-18(19)26-22(29)32/h12-13,15H,4-11,14H2,1-3H3,(H,25,31)(H,26,32). The smallest absolute Gasteiger partial charge is 0.326 e. The molecule has 0 spiro atoms. The highest BCUT2D eigenvalue weighted by molar-refractivity contribution is 5.97. The molecule has 2 fully saturated rings. The number of piperidine rings is 2. The van der Waals surface area contributed by atoms with Crippen LogP contribution in [0.1, 0.15) is 55.9 Å². The molecule has 9 heteroatoms. The zero-order valence-corrected chi connectivity index (χ0v) is 19.0.